The molecule has 5 nitrogen and oxygen atoms in total. The van der Waals surface area contributed by atoms with Crippen molar-refractivity contribution in [1.29, 1.82) is 0 Å². The van der Waals surface area contributed by atoms with Gasteiger partial charge in [0.25, 0.3) is 5.91 Å². The van der Waals surface area contributed by atoms with E-state index < -0.39 is 12.0 Å². The molecule has 0 bridgehead atoms. The minimum absolute atomic E-state index is 0.205. The third-order valence-corrected chi connectivity index (χ3v) is 4.61. The predicted octanol–water partition coefficient (Wildman–Crippen LogP) is 4.29. The van der Waals surface area contributed by atoms with Crippen LogP contribution in [0, 0.1) is 0 Å². The second kappa shape index (κ2) is 7.81. The smallest absolute Gasteiger partial charge is 0.305 e. The summed E-state index contributed by atoms with van der Waals surface area (Å²) in [6.07, 6.45) is 0.118. The molecule has 3 N–H and O–H groups in total. The standard InChI is InChI=1S/C19H16Cl2N2O3/c20-13-5-6-16-12(7-13)9-17(23-16)19(26)22-14(10-18(24)25)8-11-3-1-2-4-15(11)21/h1-7,9,14,23H,8,10H2,(H,22,26)(H,24,25). The van der Waals surface area contributed by atoms with Crippen LogP contribution in [0.4, 0.5) is 0 Å². The first-order chi connectivity index (χ1) is 12.4. The van der Waals surface area contributed by atoms with Gasteiger partial charge in [-0.1, -0.05) is 41.4 Å². The van der Waals surface area contributed by atoms with Crippen LogP contribution in [0.2, 0.25) is 10.0 Å². The number of hydrogen-bond acceptors (Lipinski definition) is 2. The Morgan fingerprint density at radius 1 is 1.12 bits per heavy atom. The molecule has 134 valence electrons. The molecule has 1 heterocycles. The largest absolute Gasteiger partial charge is 0.481 e. The molecule has 0 radical (unpaired) electrons. The van der Waals surface area contributed by atoms with Gasteiger partial charge < -0.3 is 15.4 Å². The number of hydrogen-bond donors (Lipinski definition) is 3. The number of carboxylic acid groups (broad SMARTS) is 1. The number of carbonyl (C=O) groups is 2. The predicted molar refractivity (Wildman–Crippen MR) is 102 cm³/mol. The zero-order valence-corrected chi connectivity index (χ0v) is 15.1. The molecule has 0 fully saturated rings. The van der Waals surface area contributed by atoms with Crippen molar-refractivity contribution in [3.8, 4) is 0 Å². The quantitative estimate of drug-likeness (QED) is 0.586. The van der Waals surface area contributed by atoms with Crippen molar-refractivity contribution in [2.75, 3.05) is 0 Å². The van der Waals surface area contributed by atoms with Gasteiger partial charge in [-0.2, -0.15) is 0 Å². The molecule has 3 rings (SSSR count). The molecule has 1 atom stereocenters. The second-order valence-corrected chi connectivity index (χ2v) is 6.82. The lowest BCUT2D eigenvalue weighted by Gasteiger charge is -2.17. The molecule has 0 aliphatic carbocycles. The number of aliphatic carboxylic acids is 1. The van der Waals surface area contributed by atoms with E-state index in [0.717, 1.165) is 16.5 Å². The van der Waals surface area contributed by atoms with Crippen molar-refractivity contribution >= 4 is 46.0 Å². The number of fused-ring (bicyclic) bond motifs is 1. The van der Waals surface area contributed by atoms with Crippen molar-refractivity contribution < 1.29 is 14.7 Å². The van der Waals surface area contributed by atoms with Crippen LogP contribution >= 0.6 is 23.2 Å². The van der Waals surface area contributed by atoms with Gasteiger partial charge in [-0.05, 0) is 42.3 Å². The number of carbonyl (C=O) groups excluding carboxylic acids is 1. The number of nitrogens with one attached hydrogen (secondary N) is 2. The molecule has 1 aromatic heterocycles. The van der Waals surface area contributed by atoms with E-state index in [9.17, 15) is 9.59 Å². The van der Waals surface area contributed by atoms with Crippen LogP contribution < -0.4 is 5.32 Å². The van der Waals surface area contributed by atoms with Crippen LogP contribution in [0.1, 0.15) is 22.5 Å². The molecule has 26 heavy (non-hydrogen) atoms. The molecular weight excluding hydrogens is 375 g/mol. The van der Waals surface area contributed by atoms with E-state index in [2.05, 4.69) is 10.3 Å². The lowest BCUT2D eigenvalue weighted by Crippen LogP contribution is -2.38. The van der Waals surface area contributed by atoms with Gasteiger partial charge >= 0.3 is 5.97 Å². The van der Waals surface area contributed by atoms with Crippen molar-refractivity contribution in [2.24, 2.45) is 0 Å². The van der Waals surface area contributed by atoms with E-state index in [1.54, 1.807) is 36.4 Å². The summed E-state index contributed by atoms with van der Waals surface area (Å²) < 4.78 is 0. The topological polar surface area (TPSA) is 82.2 Å². The van der Waals surface area contributed by atoms with Crippen LogP contribution in [0.15, 0.2) is 48.5 Å². The number of aromatic nitrogens is 1. The van der Waals surface area contributed by atoms with Crippen LogP contribution in [0.3, 0.4) is 0 Å². The minimum atomic E-state index is -0.995. The molecule has 1 unspecified atom stereocenters. The van der Waals surface area contributed by atoms with Crippen LogP contribution in [0.5, 0.6) is 0 Å². The van der Waals surface area contributed by atoms with E-state index >= 15 is 0 Å². The summed E-state index contributed by atoms with van der Waals surface area (Å²) in [5.41, 5.74) is 1.90. The Labute approximate surface area is 159 Å². The average Bonchev–Trinajstić information content (AvgIpc) is 2.99. The molecule has 0 saturated heterocycles. The fourth-order valence-electron chi connectivity index (χ4n) is 2.80. The summed E-state index contributed by atoms with van der Waals surface area (Å²) >= 11 is 12.1. The maximum absolute atomic E-state index is 12.6. The monoisotopic (exact) mass is 390 g/mol. The van der Waals surface area contributed by atoms with Crippen LogP contribution in [0.25, 0.3) is 10.9 Å². The van der Waals surface area contributed by atoms with Gasteiger partial charge in [0.15, 0.2) is 0 Å². The third-order valence-electron chi connectivity index (χ3n) is 4.01. The molecule has 3 aromatic rings. The number of H-pyrrole nitrogens is 1. The summed E-state index contributed by atoms with van der Waals surface area (Å²) in [7, 11) is 0. The molecular formula is C19H16Cl2N2O3. The highest BCUT2D eigenvalue weighted by molar-refractivity contribution is 6.31. The summed E-state index contributed by atoms with van der Waals surface area (Å²) in [6.45, 7) is 0. The minimum Gasteiger partial charge on any atom is -0.481 e. The Kier molecular flexibility index (Phi) is 5.49. The van der Waals surface area contributed by atoms with Crippen molar-refractivity contribution in [2.45, 2.75) is 18.9 Å². The Morgan fingerprint density at radius 3 is 2.62 bits per heavy atom. The first kappa shape index (κ1) is 18.3. The summed E-state index contributed by atoms with van der Waals surface area (Å²) in [4.78, 5) is 26.8. The third kappa shape index (κ3) is 4.36. The Hall–Kier alpha value is -2.50. The molecule has 7 heteroatoms. The first-order valence-corrected chi connectivity index (χ1v) is 8.72. The molecule has 0 spiro atoms. The normalized spacial score (nSPS) is 12.1. The number of halogens is 2. The van der Waals surface area contributed by atoms with Gasteiger partial charge in [-0.3, -0.25) is 9.59 Å². The fourth-order valence-corrected chi connectivity index (χ4v) is 3.20. The number of rotatable bonds is 6. The number of amides is 1. The lowest BCUT2D eigenvalue weighted by atomic mass is 10.0. The van der Waals surface area contributed by atoms with Crippen molar-refractivity contribution in [3.63, 3.8) is 0 Å². The second-order valence-electron chi connectivity index (χ2n) is 5.98. The van der Waals surface area contributed by atoms with Gasteiger partial charge in [0.2, 0.25) is 0 Å². The average molecular weight is 391 g/mol. The van der Waals surface area contributed by atoms with Gasteiger partial charge in [0.1, 0.15) is 5.69 Å². The Morgan fingerprint density at radius 2 is 1.88 bits per heavy atom. The van der Waals surface area contributed by atoms with Gasteiger partial charge in [-0.25, -0.2) is 0 Å². The van der Waals surface area contributed by atoms with Crippen molar-refractivity contribution in [3.05, 3.63) is 69.8 Å². The zero-order chi connectivity index (χ0) is 18.7. The fraction of sp³-hybridized carbons (Fsp3) is 0.158. The summed E-state index contributed by atoms with van der Waals surface area (Å²) in [5, 5.41) is 13.8. The summed E-state index contributed by atoms with van der Waals surface area (Å²) in [6, 6.07) is 13.5. The van der Waals surface area contributed by atoms with E-state index in [0.29, 0.717) is 22.2 Å². The van der Waals surface area contributed by atoms with E-state index in [4.69, 9.17) is 28.3 Å². The van der Waals surface area contributed by atoms with Gasteiger partial charge in [0.05, 0.1) is 6.42 Å². The van der Waals surface area contributed by atoms with Crippen molar-refractivity contribution in [1.82, 2.24) is 10.3 Å². The van der Waals surface area contributed by atoms with Crippen LogP contribution in [-0.4, -0.2) is 28.0 Å². The number of aromatic amines is 1. The van der Waals surface area contributed by atoms with Gasteiger partial charge in [0, 0.05) is 27.0 Å². The first-order valence-electron chi connectivity index (χ1n) is 7.96. The van der Waals surface area contributed by atoms with Crippen LogP contribution in [-0.2, 0) is 11.2 Å². The maximum Gasteiger partial charge on any atom is 0.305 e. The highest BCUT2D eigenvalue weighted by Crippen LogP contribution is 2.21. The highest BCUT2D eigenvalue weighted by atomic mass is 35.5. The molecule has 0 aliphatic heterocycles. The number of carboxylic acids is 1. The van der Waals surface area contributed by atoms with E-state index in [1.165, 1.54) is 0 Å². The molecule has 2 aromatic carbocycles. The highest BCUT2D eigenvalue weighted by Gasteiger charge is 2.19. The van der Waals surface area contributed by atoms with E-state index in [-0.39, 0.29) is 12.3 Å². The zero-order valence-electron chi connectivity index (χ0n) is 13.6. The molecule has 0 aliphatic rings. The van der Waals surface area contributed by atoms with Gasteiger partial charge in [-0.15, -0.1) is 0 Å². The Bertz CT molecular complexity index is 968. The summed E-state index contributed by atoms with van der Waals surface area (Å²) in [5.74, 6) is -1.37. The lowest BCUT2D eigenvalue weighted by molar-refractivity contribution is -0.137. The van der Waals surface area contributed by atoms with E-state index in [1.807, 2.05) is 12.1 Å². The Balaban J connectivity index is 1.79. The number of benzene rings is 2. The SMILES string of the molecule is O=C(O)CC(Cc1ccccc1Cl)NC(=O)c1cc2cc(Cl)ccc2[nH]1. The maximum atomic E-state index is 12.6. The molecule has 0 saturated carbocycles. The molecule has 1 amide bonds.